The highest BCUT2D eigenvalue weighted by Crippen LogP contribution is 2.29. The summed E-state index contributed by atoms with van der Waals surface area (Å²) in [5, 5.41) is 12.5. The Balaban J connectivity index is 1.68. The fourth-order valence-electron chi connectivity index (χ4n) is 4.33. The van der Waals surface area contributed by atoms with Gasteiger partial charge >= 0.3 is 0 Å². The molecule has 1 amide bonds. The Morgan fingerprint density at radius 1 is 1.20 bits per heavy atom. The van der Waals surface area contributed by atoms with E-state index < -0.39 is 22.9 Å². The lowest BCUT2D eigenvalue weighted by Crippen LogP contribution is -2.63. The molecule has 0 aliphatic carbocycles. The smallest absolute Gasteiger partial charge is 0.278 e. The minimum absolute atomic E-state index is 0.0398. The molecule has 2 aromatic rings. The molecule has 1 aromatic heterocycles. The van der Waals surface area contributed by atoms with Crippen LogP contribution in [0.25, 0.3) is 0 Å². The molecule has 2 aliphatic rings. The van der Waals surface area contributed by atoms with E-state index in [1.807, 2.05) is 11.9 Å². The van der Waals surface area contributed by atoms with Crippen LogP contribution < -0.4 is 10.4 Å². The zero-order valence-electron chi connectivity index (χ0n) is 16.8. The van der Waals surface area contributed by atoms with Gasteiger partial charge in [-0.15, -0.1) is 0 Å². The first-order chi connectivity index (χ1) is 14.4. The lowest BCUT2D eigenvalue weighted by molar-refractivity contribution is 0.0534. The summed E-state index contributed by atoms with van der Waals surface area (Å²) in [6.07, 6.45) is 4.31. The summed E-state index contributed by atoms with van der Waals surface area (Å²) in [5.74, 6) is -1.87. The minimum Gasteiger partial charge on any atom is -0.502 e. The molecule has 3 heterocycles. The number of halogens is 1. The molecule has 1 saturated heterocycles. The zero-order chi connectivity index (χ0) is 21.4. The van der Waals surface area contributed by atoms with Crippen LogP contribution in [0, 0.1) is 5.82 Å². The van der Waals surface area contributed by atoms with Crippen LogP contribution in [-0.2, 0) is 6.42 Å². The molecule has 2 aliphatic heterocycles. The Morgan fingerprint density at radius 3 is 2.63 bits per heavy atom. The number of aromatic nitrogens is 1. The molecular formula is C22H24FN3O4. The van der Waals surface area contributed by atoms with Crippen molar-refractivity contribution in [2.45, 2.75) is 45.2 Å². The van der Waals surface area contributed by atoms with Gasteiger partial charge in [-0.2, -0.15) is 0 Å². The quantitative estimate of drug-likeness (QED) is 0.762. The number of ketones is 1. The number of fused-ring (bicyclic) bond motifs is 3. The number of rotatable bonds is 5. The first-order valence-corrected chi connectivity index (χ1v) is 10.3. The Kier molecular flexibility index (Phi) is 5.32. The molecule has 1 fully saturated rings. The van der Waals surface area contributed by atoms with Crippen LogP contribution in [0.2, 0.25) is 0 Å². The average Bonchev–Trinajstić information content (AvgIpc) is 2.75. The number of nitrogens with zero attached hydrogens (tertiary/aromatic N) is 3. The second kappa shape index (κ2) is 7.93. The molecule has 30 heavy (non-hydrogen) atoms. The lowest BCUT2D eigenvalue weighted by atomic mass is 10.0. The Labute approximate surface area is 173 Å². The molecule has 1 aromatic carbocycles. The van der Waals surface area contributed by atoms with E-state index in [0.717, 1.165) is 24.8 Å². The van der Waals surface area contributed by atoms with Gasteiger partial charge in [0.25, 0.3) is 5.91 Å². The third-order valence-electron chi connectivity index (χ3n) is 5.90. The van der Waals surface area contributed by atoms with Gasteiger partial charge < -0.3 is 10.0 Å². The second-order valence-electron chi connectivity index (χ2n) is 7.69. The normalized spacial score (nSPS) is 18.2. The maximum absolute atomic E-state index is 13.1. The van der Waals surface area contributed by atoms with Gasteiger partial charge in [0, 0.05) is 25.7 Å². The van der Waals surface area contributed by atoms with E-state index in [1.165, 1.54) is 23.0 Å². The predicted octanol–water partition coefficient (Wildman–Crippen LogP) is 2.43. The molecule has 4 rings (SSSR count). The summed E-state index contributed by atoms with van der Waals surface area (Å²) in [5.41, 5.74) is -0.280. The summed E-state index contributed by atoms with van der Waals surface area (Å²) in [7, 11) is 0. The SMILES string of the molecule is CCN1C(=O)c2c(O)c(=O)c(C(=O)CCc3ccc(F)cc3)cn2N2CCCC[C@@H]12. The highest BCUT2D eigenvalue weighted by molar-refractivity contribution is 6.00. The van der Waals surface area contributed by atoms with Gasteiger partial charge in [-0.05, 0) is 50.3 Å². The van der Waals surface area contributed by atoms with E-state index in [0.29, 0.717) is 19.5 Å². The van der Waals surface area contributed by atoms with E-state index in [9.17, 15) is 23.9 Å². The monoisotopic (exact) mass is 413 g/mol. The van der Waals surface area contributed by atoms with Crippen LogP contribution in [0.15, 0.2) is 35.3 Å². The summed E-state index contributed by atoms with van der Waals surface area (Å²) in [4.78, 5) is 40.1. The number of pyridine rings is 1. The largest absolute Gasteiger partial charge is 0.502 e. The highest BCUT2D eigenvalue weighted by atomic mass is 19.1. The summed E-state index contributed by atoms with van der Waals surface area (Å²) in [6.45, 7) is 2.99. The predicted molar refractivity (Wildman–Crippen MR) is 109 cm³/mol. The van der Waals surface area contributed by atoms with Crippen molar-refractivity contribution in [3.05, 3.63) is 63.3 Å². The average molecular weight is 413 g/mol. The fraction of sp³-hybridized carbons (Fsp3) is 0.409. The first kappa shape index (κ1) is 20.1. The molecule has 0 spiro atoms. The van der Waals surface area contributed by atoms with Crippen molar-refractivity contribution in [2.75, 3.05) is 18.1 Å². The van der Waals surface area contributed by atoms with E-state index in [-0.39, 0.29) is 29.7 Å². The number of Topliss-reactive ketones (excluding diaryl/α,β-unsaturated/α-hetero) is 1. The van der Waals surface area contributed by atoms with Gasteiger partial charge in [0.1, 0.15) is 12.0 Å². The third-order valence-corrected chi connectivity index (χ3v) is 5.90. The number of hydrogen-bond donors (Lipinski definition) is 1. The van der Waals surface area contributed by atoms with Crippen molar-refractivity contribution >= 4 is 11.7 Å². The van der Waals surface area contributed by atoms with Crippen molar-refractivity contribution in [3.8, 4) is 5.75 Å². The van der Waals surface area contributed by atoms with E-state index >= 15 is 0 Å². The Hall–Kier alpha value is -3.16. The molecule has 0 radical (unpaired) electrons. The van der Waals surface area contributed by atoms with E-state index in [2.05, 4.69) is 0 Å². The number of amides is 1. The maximum Gasteiger partial charge on any atom is 0.278 e. The van der Waals surface area contributed by atoms with Gasteiger partial charge in [0.05, 0.1) is 5.56 Å². The molecular weight excluding hydrogens is 389 g/mol. The standard InChI is InChI=1S/C22H24FN3O4/c1-2-24-18-5-3-4-12-25(18)26-13-16(20(28)21(29)19(26)22(24)30)17(27)11-8-14-6-9-15(23)10-7-14/h6-7,9-10,13,18,29H,2-5,8,11-12H2,1H3/t18-/m0/s1. The third kappa shape index (κ3) is 3.36. The number of carbonyl (C=O) groups is 2. The van der Waals surface area contributed by atoms with Crippen molar-refractivity contribution in [3.63, 3.8) is 0 Å². The number of piperidine rings is 1. The summed E-state index contributed by atoms with van der Waals surface area (Å²) in [6, 6.07) is 5.83. The molecule has 1 N–H and O–H groups in total. The van der Waals surface area contributed by atoms with Gasteiger partial charge in [-0.25, -0.2) is 4.39 Å². The number of aromatic hydroxyl groups is 1. The van der Waals surface area contributed by atoms with Gasteiger partial charge in [-0.3, -0.25) is 24.1 Å². The van der Waals surface area contributed by atoms with E-state index in [4.69, 9.17) is 0 Å². The number of carbonyl (C=O) groups excluding carboxylic acids is 2. The van der Waals surface area contributed by atoms with Gasteiger partial charge in [0.2, 0.25) is 5.43 Å². The molecule has 1 atom stereocenters. The zero-order valence-corrected chi connectivity index (χ0v) is 16.8. The topological polar surface area (TPSA) is 82.9 Å². The summed E-state index contributed by atoms with van der Waals surface area (Å²) < 4.78 is 14.6. The van der Waals surface area contributed by atoms with Crippen LogP contribution in [0.5, 0.6) is 5.75 Å². The Bertz CT molecular complexity index is 1050. The maximum atomic E-state index is 13.1. The molecule has 0 bridgehead atoms. The minimum atomic E-state index is -0.829. The molecule has 158 valence electrons. The fourth-order valence-corrected chi connectivity index (χ4v) is 4.33. The van der Waals surface area contributed by atoms with Gasteiger partial charge in [0.15, 0.2) is 17.2 Å². The number of benzene rings is 1. The molecule has 7 nitrogen and oxygen atoms in total. The van der Waals surface area contributed by atoms with Crippen LogP contribution in [0.4, 0.5) is 4.39 Å². The van der Waals surface area contributed by atoms with Gasteiger partial charge in [-0.1, -0.05) is 12.1 Å². The van der Waals surface area contributed by atoms with Crippen LogP contribution in [-0.4, -0.2) is 45.6 Å². The van der Waals surface area contributed by atoms with E-state index in [1.54, 1.807) is 17.0 Å². The van der Waals surface area contributed by atoms with Crippen molar-refractivity contribution in [2.24, 2.45) is 0 Å². The molecule has 0 saturated carbocycles. The molecule has 0 unspecified atom stereocenters. The summed E-state index contributed by atoms with van der Waals surface area (Å²) >= 11 is 0. The lowest BCUT2D eigenvalue weighted by Gasteiger charge is -2.48. The number of hydrogen-bond acceptors (Lipinski definition) is 5. The van der Waals surface area contributed by atoms with Crippen molar-refractivity contribution in [1.82, 2.24) is 9.58 Å². The number of aryl methyl sites for hydroxylation is 1. The van der Waals surface area contributed by atoms with Crippen molar-refractivity contribution in [1.29, 1.82) is 0 Å². The van der Waals surface area contributed by atoms with Crippen LogP contribution in [0.1, 0.15) is 59.0 Å². The Morgan fingerprint density at radius 2 is 1.93 bits per heavy atom. The molecule has 8 heteroatoms. The second-order valence-corrected chi connectivity index (χ2v) is 7.69. The first-order valence-electron chi connectivity index (χ1n) is 10.3. The highest BCUT2D eigenvalue weighted by Gasteiger charge is 2.40. The van der Waals surface area contributed by atoms with Crippen LogP contribution in [0.3, 0.4) is 0 Å². The van der Waals surface area contributed by atoms with Crippen LogP contribution >= 0.6 is 0 Å². The van der Waals surface area contributed by atoms with Crippen molar-refractivity contribution < 1.29 is 19.1 Å².